The Morgan fingerprint density at radius 3 is 2.16 bits per heavy atom. The van der Waals surface area contributed by atoms with Crippen molar-refractivity contribution in [2.75, 3.05) is 0 Å². The molecule has 7 heteroatoms. The number of aromatic nitrogens is 2. The monoisotopic (exact) mass is 458 g/mol. The van der Waals surface area contributed by atoms with Gasteiger partial charge < -0.3 is 4.98 Å². The maximum atomic E-state index is 12.9. The first-order chi connectivity index (χ1) is 14.8. The Balaban J connectivity index is 1.52. The number of H-pyrrole nitrogens is 1. The number of rotatable bonds is 4. The Morgan fingerprint density at radius 2 is 1.48 bits per heavy atom. The van der Waals surface area contributed by atoms with Crippen LogP contribution in [0.5, 0.6) is 0 Å². The molecule has 1 heterocycles. The number of benzene rings is 3. The molecule has 4 aromatic rings. The number of alkyl halides is 3. The van der Waals surface area contributed by atoms with Gasteiger partial charge in [0.25, 0.3) is 0 Å². The highest BCUT2D eigenvalue weighted by molar-refractivity contribution is 6.39. The van der Waals surface area contributed by atoms with Crippen molar-refractivity contribution in [1.29, 1.82) is 0 Å². The van der Waals surface area contributed by atoms with E-state index in [2.05, 4.69) is 9.97 Å². The molecule has 156 valence electrons. The third kappa shape index (κ3) is 4.84. The van der Waals surface area contributed by atoms with Gasteiger partial charge >= 0.3 is 6.18 Å². The van der Waals surface area contributed by atoms with Crippen LogP contribution in [0.2, 0.25) is 10.0 Å². The zero-order valence-corrected chi connectivity index (χ0v) is 17.4. The Labute approximate surface area is 187 Å². The standard InChI is InChI=1S/C24H15Cl2F3N2/c25-19-5-2-6-20(26)23(19)21-14-30-22(31-21)12-9-15-7-10-16(11-8-15)17-3-1-4-18(13-17)24(27,28)29/h1-14H,(H,30,31). The third-order valence-electron chi connectivity index (χ3n) is 4.68. The molecule has 0 atom stereocenters. The first kappa shape index (κ1) is 21.2. The van der Waals surface area contributed by atoms with Crippen LogP contribution in [-0.2, 0) is 6.18 Å². The van der Waals surface area contributed by atoms with Crippen LogP contribution in [-0.4, -0.2) is 9.97 Å². The fourth-order valence-electron chi connectivity index (χ4n) is 3.13. The van der Waals surface area contributed by atoms with E-state index in [0.717, 1.165) is 17.7 Å². The average Bonchev–Trinajstić information content (AvgIpc) is 3.20. The molecule has 31 heavy (non-hydrogen) atoms. The van der Waals surface area contributed by atoms with Crippen molar-refractivity contribution in [1.82, 2.24) is 9.97 Å². The molecule has 0 saturated carbocycles. The van der Waals surface area contributed by atoms with Crippen LogP contribution < -0.4 is 0 Å². The largest absolute Gasteiger partial charge is 0.416 e. The molecule has 4 rings (SSSR count). The van der Waals surface area contributed by atoms with Crippen molar-refractivity contribution in [2.24, 2.45) is 0 Å². The van der Waals surface area contributed by atoms with E-state index in [9.17, 15) is 13.2 Å². The number of hydrogen-bond acceptors (Lipinski definition) is 1. The summed E-state index contributed by atoms with van der Waals surface area (Å²) >= 11 is 12.5. The van der Waals surface area contributed by atoms with E-state index < -0.39 is 11.7 Å². The van der Waals surface area contributed by atoms with Crippen LogP contribution >= 0.6 is 23.2 Å². The molecule has 0 bridgehead atoms. The molecule has 1 aromatic heterocycles. The first-order valence-electron chi connectivity index (χ1n) is 9.27. The van der Waals surface area contributed by atoms with Gasteiger partial charge in [-0.3, -0.25) is 0 Å². The first-order valence-corrected chi connectivity index (χ1v) is 10.0. The molecular weight excluding hydrogens is 444 g/mol. The van der Waals surface area contributed by atoms with E-state index in [0.29, 0.717) is 38.3 Å². The number of halogens is 5. The van der Waals surface area contributed by atoms with Gasteiger partial charge in [0.2, 0.25) is 0 Å². The minimum Gasteiger partial charge on any atom is -0.344 e. The molecule has 1 N–H and O–H groups in total. The van der Waals surface area contributed by atoms with E-state index in [1.165, 1.54) is 6.07 Å². The van der Waals surface area contributed by atoms with E-state index in [1.54, 1.807) is 48.7 Å². The van der Waals surface area contributed by atoms with E-state index >= 15 is 0 Å². The van der Waals surface area contributed by atoms with Crippen molar-refractivity contribution in [3.05, 3.63) is 99.9 Å². The van der Waals surface area contributed by atoms with Crippen molar-refractivity contribution >= 4 is 35.4 Å². The molecular formula is C24H15Cl2F3N2. The Morgan fingerprint density at radius 1 is 0.806 bits per heavy atom. The Kier molecular flexibility index (Phi) is 5.90. The molecule has 0 saturated heterocycles. The van der Waals surface area contributed by atoms with E-state index in [1.807, 2.05) is 18.2 Å². The molecule has 0 unspecified atom stereocenters. The van der Waals surface area contributed by atoms with Gasteiger partial charge in [0.1, 0.15) is 5.82 Å². The van der Waals surface area contributed by atoms with Gasteiger partial charge in [0.05, 0.1) is 21.3 Å². The van der Waals surface area contributed by atoms with Crippen LogP contribution in [0.1, 0.15) is 17.0 Å². The van der Waals surface area contributed by atoms with Crippen LogP contribution in [0.25, 0.3) is 34.5 Å². The van der Waals surface area contributed by atoms with Crippen LogP contribution in [0.3, 0.4) is 0 Å². The maximum Gasteiger partial charge on any atom is 0.416 e. The lowest BCUT2D eigenvalue weighted by Crippen LogP contribution is -2.04. The summed E-state index contributed by atoms with van der Waals surface area (Å²) in [7, 11) is 0. The lowest BCUT2D eigenvalue weighted by atomic mass is 10.0. The molecule has 0 aliphatic carbocycles. The molecule has 3 aromatic carbocycles. The van der Waals surface area contributed by atoms with Crippen LogP contribution in [0, 0.1) is 0 Å². The van der Waals surface area contributed by atoms with Crippen LogP contribution in [0.15, 0.2) is 72.9 Å². The topological polar surface area (TPSA) is 28.7 Å². The molecule has 0 spiro atoms. The van der Waals surface area contributed by atoms with Crippen LogP contribution in [0.4, 0.5) is 13.2 Å². The fourth-order valence-corrected chi connectivity index (χ4v) is 3.72. The van der Waals surface area contributed by atoms with Crippen molar-refractivity contribution in [2.45, 2.75) is 6.18 Å². The molecule has 0 aliphatic rings. The van der Waals surface area contributed by atoms with E-state index in [-0.39, 0.29) is 0 Å². The van der Waals surface area contributed by atoms with Gasteiger partial charge in [-0.1, -0.05) is 71.7 Å². The number of nitrogens with zero attached hydrogens (tertiary/aromatic N) is 1. The number of imidazole rings is 1. The fraction of sp³-hybridized carbons (Fsp3) is 0.0417. The van der Waals surface area contributed by atoms with Crippen molar-refractivity contribution in [3.63, 3.8) is 0 Å². The quantitative estimate of drug-likeness (QED) is 0.327. The summed E-state index contributed by atoms with van der Waals surface area (Å²) in [5.41, 5.74) is 2.72. The summed E-state index contributed by atoms with van der Waals surface area (Å²) < 4.78 is 38.8. The molecule has 0 radical (unpaired) electrons. The Bertz CT molecular complexity index is 1220. The number of aromatic amines is 1. The van der Waals surface area contributed by atoms with Gasteiger partial charge in [-0.15, -0.1) is 0 Å². The van der Waals surface area contributed by atoms with Crippen molar-refractivity contribution in [3.8, 4) is 22.4 Å². The second-order valence-corrected chi connectivity index (χ2v) is 7.62. The zero-order chi connectivity index (χ0) is 22.0. The van der Waals surface area contributed by atoms with Gasteiger partial charge in [-0.2, -0.15) is 13.2 Å². The maximum absolute atomic E-state index is 12.9. The lowest BCUT2D eigenvalue weighted by molar-refractivity contribution is -0.137. The third-order valence-corrected chi connectivity index (χ3v) is 5.31. The minimum atomic E-state index is -4.37. The molecule has 0 fully saturated rings. The summed E-state index contributed by atoms with van der Waals surface area (Å²) in [6.45, 7) is 0. The SMILES string of the molecule is FC(F)(F)c1cccc(-c2ccc(C=Cc3nc(-c4c(Cl)cccc4Cl)c[nH]3)cc2)c1. The van der Waals surface area contributed by atoms with E-state index in [4.69, 9.17) is 23.2 Å². The second kappa shape index (κ2) is 8.61. The smallest absolute Gasteiger partial charge is 0.344 e. The minimum absolute atomic E-state index is 0.512. The molecule has 0 amide bonds. The normalized spacial score (nSPS) is 11.9. The second-order valence-electron chi connectivity index (χ2n) is 6.80. The summed E-state index contributed by atoms with van der Waals surface area (Å²) in [6, 6.07) is 17.8. The molecule has 0 aliphatic heterocycles. The highest BCUT2D eigenvalue weighted by Gasteiger charge is 2.30. The number of hydrogen-bond donors (Lipinski definition) is 1. The zero-order valence-electron chi connectivity index (χ0n) is 15.9. The summed E-state index contributed by atoms with van der Waals surface area (Å²) in [5, 5.41) is 1.03. The summed E-state index contributed by atoms with van der Waals surface area (Å²) in [5.74, 6) is 0.618. The van der Waals surface area contributed by atoms with Gasteiger partial charge in [-0.05, 0) is 47.0 Å². The Hall–Kier alpha value is -3.02. The predicted octanol–water partition coefficient (Wildman–Crippen LogP) is 8.24. The van der Waals surface area contributed by atoms with Gasteiger partial charge in [0.15, 0.2) is 0 Å². The van der Waals surface area contributed by atoms with Gasteiger partial charge in [0, 0.05) is 11.8 Å². The molecule has 2 nitrogen and oxygen atoms in total. The predicted molar refractivity (Wildman–Crippen MR) is 120 cm³/mol. The highest BCUT2D eigenvalue weighted by atomic mass is 35.5. The average molecular weight is 459 g/mol. The van der Waals surface area contributed by atoms with Gasteiger partial charge in [-0.25, -0.2) is 4.98 Å². The summed E-state index contributed by atoms with van der Waals surface area (Å²) in [4.78, 5) is 7.56. The highest BCUT2D eigenvalue weighted by Crippen LogP contribution is 2.34. The number of nitrogens with one attached hydrogen (secondary N) is 1. The van der Waals surface area contributed by atoms with Crippen molar-refractivity contribution < 1.29 is 13.2 Å². The lowest BCUT2D eigenvalue weighted by Gasteiger charge is -2.09. The summed E-state index contributed by atoms with van der Waals surface area (Å²) in [6.07, 6.45) is 1.01.